The summed E-state index contributed by atoms with van der Waals surface area (Å²) in [7, 11) is 1.66. The van der Waals surface area contributed by atoms with E-state index in [0.29, 0.717) is 22.7 Å². The first-order valence-electron chi connectivity index (χ1n) is 6.11. The van der Waals surface area contributed by atoms with E-state index in [-0.39, 0.29) is 12.5 Å². The lowest BCUT2D eigenvalue weighted by atomic mass is 10.0. The number of hydrogen-bond acceptors (Lipinski definition) is 4. The van der Waals surface area contributed by atoms with Gasteiger partial charge in [0.2, 0.25) is 13.2 Å². The van der Waals surface area contributed by atoms with Gasteiger partial charge >= 0.3 is 0 Å². The van der Waals surface area contributed by atoms with Crippen LogP contribution in [0.1, 0.15) is 0 Å². The van der Waals surface area contributed by atoms with Crippen molar-refractivity contribution in [2.45, 2.75) is 0 Å². The zero-order valence-electron chi connectivity index (χ0n) is 10.9. The third-order valence-electron chi connectivity index (χ3n) is 3.22. The molecule has 5 nitrogen and oxygen atoms in total. The standard InChI is InChI=1S/C15H13NO4/c1-16(8-17)12-5-3-2-4-10(12)11-6-14-15(7-13(11)18)20-9-19-14/h2-8,18H,9H2,1H3. The zero-order chi connectivity index (χ0) is 14.1. The lowest BCUT2D eigenvalue weighted by Gasteiger charge is -2.17. The van der Waals surface area contributed by atoms with Crippen molar-refractivity contribution in [3.63, 3.8) is 0 Å². The molecule has 1 aliphatic heterocycles. The van der Waals surface area contributed by atoms with E-state index in [2.05, 4.69) is 0 Å². The fourth-order valence-corrected chi connectivity index (χ4v) is 2.21. The molecule has 0 fully saturated rings. The molecule has 0 saturated heterocycles. The van der Waals surface area contributed by atoms with Crippen LogP contribution in [0.2, 0.25) is 0 Å². The number of aromatic hydroxyl groups is 1. The number of para-hydroxylation sites is 1. The number of amides is 1. The van der Waals surface area contributed by atoms with Crippen molar-refractivity contribution in [2.75, 3.05) is 18.7 Å². The first kappa shape index (κ1) is 12.3. The number of nitrogens with zero attached hydrogens (tertiary/aromatic N) is 1. The van der Waals surface area contributed by atoms with Gasteiger partial charge < -0.3 is 19.5 Å². The molecule has 1 aliphatic rings. The third-order valence-corrected chi connectivity index (χ3v) is 3.22. The van der Waals surface area contributed by atoms with Crippen molar-refractivity contribution in [3.05, 3.63) is 36.4 Å². The predicted octanol–water partition coefficient (Wildman–Crippen LogP) is 2.38. The maximum absolute atomic E-state index is 11.0. The van der Waals surface area contributed by atoms with Gasteiger partial charge in [-0.3, -0.25) is 4.79 Å². The Labute approximate surface area is 116 Å². The van der Waals surface area contributed by atoms with E-state index in [0.717, 1.165) is 12.0 Å². The van der Waals surface area contributed by atoms with Crippen LogP contribution in [0.5, 0.6) is 17.2 Å². The normalized spacial score (nSPS) is 12.2. The van der Waals surface area contributed by atoms with Crippen LogP contribution in [0.25, 0.3) is 11.1 Å². The maximum Gasteiger partial charge on any atom is 0.231 e. The quantitative estimate of drug-likeness (QED) is 0.871. The number of carbonyl (C=O) groups excluding carboxylic acids is 1. The van der Waals surface area contributed by atoms with Crippen LogP contribution in [-0.4, -0.2) is 25.4 Å². The van der Waals surface area contributed by atoms with Crippen molar-refractivity contribution < 1.29 is 19.4 Å². The van der Waals surface area contributed by atoms with Crippen molar-refractivity contribution in [1.82, 2.24) is 0 Å². The smallest absolute Gasteiger partial charge is 0.231 e. The van der Waals surface area contributed by atoms with Crippen molar-refractivity contribution >= 4 is 12.1 Å². The van der Waals surface area contributed by atoms with Crippen LogP contribution in [0.3, 0.4) is 0 Å². The highest BCUT2D eigenvalue weighted by Crippen LogP contribution is 2.44. The van der Waals surface area contributed by atoms with Crippen molar-refractivity contribution in [2.24, 2.45) is 0 Å². The van der Waals surface area contributed by atoms with Crippen molar-refractivity contribution in [1.29, 1.82) is 0 Å². The highest BCUT2D eigenvalue weighted by atomic mass is 16.7. The van der Waals surface area contributed by atoms with Gasteiger partial charge in [0.15, 0.2) is 11.5 Å². The summed E-state index contributed by atoms with van der Waals surface area (Å²) >= 11 is 0. The molecule has 0 bridgehead atoms. The third kappa shape index (κ3) is 1.93. The largest absolute Gasteiger partial charge is 0.507 e. The number of ether oxygens (including phenoxy) is 2. The average Bonchev–Trinajstić information content (AvgIpc) is 2.92. The van der Waals surface area contributed by atoms with E-state index < -0.39 is 0 Å². The summed E-state index contributed by atoms with van der Waals surface area (Å²) in [5.74, 6) is 1.19. The molecule has 0 atom stereocenters. The second-order valence-corrected chi connectivity index (χ2v) is 4.46. The second kappa shape index (κ2) is 4.77. The Kier molecular flexibility index (Phi) is 2.95. The van der Waals surface area contributed by atoms with Crippen LogP contribution < -0.4 is 14.4 Å². The molecule has 3 rings (SSSR count). The highest BCUT2D eigenvalue weighted by molar-refractivity contribution is 5.89. The van der Waals surface area contributed by atoms with Gasteiger partial charge in [0, 0.05) is 24.2 Å². The molecule has 0 unspecified atom stereocenters. The molecule has 2 aromatic rings. The van der Waals surface area contributed by atoms with E-state index in [1.165, 1.54) is 11.0 Å². The summed E-state index contributed by atoms with van der Waals surface area (Å²) in [6.45, 7) is 0.147. The summed E-state index contributed by atoms with van der Waals surface area (Å²) in [6, 6.07) is 10.6. The molecule has 1 N–H and O–H groups in total. The Hall–Kier alpha value is -2.69. The first-order valence-corrected chi connectivity index (χ1v) is 6.11. The Morgan fingerprint density at radius 1 is 1.15 bits per heavy atom. The van der Waals surface area contributed by atoms with Gasteiger partial charge in [-0.25, -0.2) is 0 Å². The van der Waals surface area contributed by atoms with Crippen LogP contribution in [0.4, 0.5) is 5.69 Å². The van der Waals surface area contributed by atoms with Crippen molar-refractivity contribution in [3.8, 4) is 28.4 Å². The SMILES string of the molecule is CN(C=O)c1ccccc1-c1cc2c(cc1O)OCO2. The monoisotopic (exact) mass is 271 g/mol. The van der Waals surface area contributed by atoms with Gasteiger partial charge in [0.25, 0.3) is 0 Å². The fourth-order valence-electron chi connectivity index (χ4n) is 2.21. The van der Waals surface area contributed by atoms with E-state index in [1.807, 2.05) is 24.3 Å². The van der Waals surface area contributed by atoms with Gasteiger partial charge in [-0.1, -0.05) is 18.2 Å². The molecule has 102 valence electrons. The fraction of sp³-hybridized carbons (Fsp3) is 0.133. The molecular formula is C15H13NO4. The minimum absolute atomic E-state index is 0.0843. The summed E-state index contributed by atoms with van der Waals surface area (Å²) in [4.78, 5) is 12.4. The van der Waals surface area contributed by atoms with Crippen LogP contribution in [-0.2, 0) is 4.79 Å². The number of rotatable bonds is 3. The number of hydrogen-bond donors (Lipinski definition) is 1. The Morgan fingerprint density at radius 2 is 1.85 bits per heavy atom. The Morgan fingerprint density at radius 3 is 2.60 bits per heavy atom. The molecule has 20 heavy (non-hydrogen) atoms. The van der Waals surface area contributed by atoms with E-state index in [4.69, 9.17) is 9.47 Å². The summed E-state index contributed by atoms with van der Waals surface area (Å²) in [5.41, 5.74) is 2.05. The number of benzene rings is 2. The van der Waals surface area contributed by atoms with Gasteiger partial charge in [0.05, 0.1) is 5.69 Å². The topological polar surface area (TPSA) is 59.0 Å². The highest BCUT2D eigenvalue weighted by Gasteiger charge is 2.19. The maximum atomic E-state index is 11.0. The number of carbonyl (C=O) groups is 1. The van der Waals surface area contributed by atoms with E-state index in [1.54, 1.807) is 13.1 Å². The van der Waals surface area contributed by atoms with E-state index in [9.17, 15) is 9.90 Å². The number of fused-ring (bicyclic) bond motifs is 1. The lowest BCUT2D eigenvalue weighted by Crippen LogP contribution is -2.14. The molecule has 2 aromatic carbocycles. The summed E-state index contributed by atoms with van der Waals surface area (Å²) < 4.78 is 10.5. The van der Waals surface area contributed by atoms with Crippen LogP contribution >= 0.6 is 0 Å². The minimum atomic E-state index is 0.0843. The lowest BCUT2D eigenvalue weighted by molar-refractivity contribution is -0.107. The molecule has 0 aromatic heterocycles. The molecule has 5 heteroatoms. The number of anilines is 1. The Bertz CT molecular complexity index is 669. The Balaban J connectivity index is 2.17. The molecule has 0 spiro atoms. The molecule has 0 radical (unpaired) electrons. The first-order chi connectivity index (χ1) is 9.70. The zero-order valence-corrected chi connectivity index (χ0v) is 10.9. The summed E-state index contributed by atoms with van der Waals surface area (Å²) in [5, 5.41) is 10.2. The van der Waals surface area contributed by atoms with Crippen LogP contribution in [0, 0.1) is 0 Å². The molecule has 0 saturated carbocycles. The van der Waals surface area contributed by atoms with Crippen LogP contribution in [0.15, 0.2) is 36.4 Å². The average molecular weight is 271 g/mol. The van der Waals surface area contributed by atoms with Gasteiger partial charge in [-0.05, 0) is 12.1 Å². The molecular weight excluding hydrogens is 258 g/mol. The van der Waals surface area contributed by atoms with Gasteiger partial charge in [0.1, 0.15) is 5.75 Å². The van der Waals surface area contributed by atoms with E-state index >= 15 is 0 Å². The van der Waals surface area contributed by atoms with Gasteiger partial charge in [-0.2, -0.15) is 0 Å². The number of phenolic OH excluding ortho intramolecular Hbond substituents is 1. The second-order valence-electron chi connectivity index (χ2n) is 4.46. The van der Waals surface area contributed by atoms with Gasteiger partial charge in [-0.15, -0.1) is 0 Å². The predicted molar refractivity (Wildman–Crippen MR) is 74.1 cm³/mol. The number of phenols is 1. The molecule has 1 amide bonds. The molecule has 1 heterocycles. The molecule has 0 aliphatic carbocycles. The minimum Gasteiger partial charge on any atom is -0.507 e. The summed E-state index contributed by atoms with van der Waals surface area (Å²) in [6.07, 6.45) is 0.725.